The van der Waals surface area contributed by atoms with Gasteiger partial charge < -0.3 is 5.73 Å². The normalized spacial score (nSPS) is 13.0. The molecule has 3 aromatic rings. The van der Waals surface area contributed by atoms with E-state index in [0.717, 1.165) is 11.2 Å². The lowest BCUT2D eigenvalue weighted by Gasteiger charge is -2.10. The quantitative estimate of drug-likeness (QED) is 0.774. The summed E-state index contributed by atoms with van der Waals surface area (Å²) in [5.41, 5.74) is 11.0. The maximum absolute atomic E-state index is 5.77. The van der Waals surface area contributed by atoms with Crippen LogP contribution in [0.25, 0.3) is 10.2 Å². The first-order valence-corrected chi connectivity index (χ1v) is 7.40. The minimum atomic E-state index is 0.325. The fourth-order valence-corrected chi connectivity index (χ4v) is 3.76. The van der Waals surface area contributed by atoms with Crippen LogP contribution >= 0.6 is 22.7 Å². The number of thiazole rings is 2. The summed E-state index contributed by atoms with van der Waals surface area (Å²) in [5.74, 6) is 0.325. The Hall–Kier alpha value is -1.46. The molecule has 0 saturated heterocycles. The number of rotatable bonds is 2. The van der Waals surface area contributed by atoms with Crippen LogP contribution in [-0.2, 0) is 0 Å². The number of hydrogen-bond acceptors (Lipinski definition) is 5. The highest BCUT2D eigenvalue weighted by atomic mass is 32.1. The van der Waals surface area contributed by atoms with Crippen molar-refractivity contribution in [1.29, 1.82) is 0 Å². The first kappa shape index (κ1) is 11.6. The third-order valence-corrected chi connectivity index (χ3v) is 5.06. The molecular weight excluding hydrogens is 262 g/mol. The van der Waals surface area contributed by atoms with Gasteiger partial charge in [0.1, 0.15) is 0 Å². The lowest BCUT2D eigenvalue weighted by molar-refractivity contribution is 0.929. The van der Waals surface area contributed by atoms with Crippen LogP contribution < -0.4 is 5.73 Å². The van der Waals surface area contributed by atoms with Crippen LogP contribution in [0, 0.1) is 6.92 Å². The standard InChI is InChI=1S/C13H13N3S2/c1-7(12-8(2)16-13(14)18-12)9-3-4-10-11(5-9)17-6-15-10/h3-7H,1-2H3,(H2,14,16). The number of nitrogens with zero attached hydrogens (tertiary/aromatic N) is 2. The smallest absolute Gasteiger partial charge is 0.180 e. The van der Waals surface area contributed by atoms with Crippen LogP contribution in [-0.4, -0.2) is 9.97 Å². The van der Waals surface area contributed by atoms with Gasteiger partial charge in [-0.2, -0.15) is 0 Å². The first-order chi connectivity index (χ1) is 8.65. The second-order valence-electron chi connectivity index (χ2n) is 4.30. The van der Waals surface area contributed by atoms with Crippen LogP contribution in [0.4, 0.5) is 5.13 Å². The van der Waals surface area contributed by atoms with Crippen LogP contribution in [0.1, 0.15) is 29.0 Å². The van der Waals surface area contributed by atoms with Crippen LogP contribution in [0.5, 0.6) is 0 Å². The van der Waals surface area contributed by atoms with Crippen molar-refractivity contribution in [3.8, 4) is 0 Å². The molecule has 0 aliphatic heterocycles. The van der Waals surface area contributed by atoms with E-state index < -0.39 is 0 Å². The van der Waals surface area contributed by atoms with Crippen LogP contribution in [0.2, 0.25) is 0 Å². The van der Waals surface area contributed by atoms with Gasteiger partial charge in [0.2, 0.25) is 0 Å². The summed E-state index contributed by atoms with van der Waals surface area (Å²) < 4.78 is 1.23. The van der Waals surface area contributed by atoms with Gasteiger partial charge in [-0.3, -0.25) is 0 Å². The number of nitrogens with two attached hydrogens (primary N) is 1. The van der Waals surface area contributed by atoms with E-state index in [1.54, 1.807) is 22.7 Å². The van der Waals surface area contributed by atoms with Gasteiger partial charge in [0.25, 0.3) is 0 Å². The molecule has 2 aromatic heterocycles. The molecule has 0 aliphatic carbocycles. The molecule has 3 rings (SSSR count). The molecule has 0 amide bonds. The highest BCUT2D eigenvalue weighted by Crippen LogP contribution is 2.34. The summed E-state index contributed by atoms with van der Waals surface area (Å²) in [6.07, 6.45) is 0. The van der Waals surface area contributed by atoms with Gasteiger partial charge >= 0.3 is 0 Å². The summed E-state index contributed by atoms with van der Waals surface area (Å²) in [7, 11) is 0. The highest BCUT2D eigenvalue weighted by molar-refractivity contribution is 7.16. The maximum Gasteiger partial charge on any atom is 0.180 e. The summed E-state index contributed by atoms with van der Waals surface area (Å²) in [6, 6.07) is 6.44. The predicted octanol–water partition coefficient (Wildman–Crippen LogP) is 3.80. The predicted molar refractivity (Wildman–Crippen MR) is 78.4 cm³/mol. The Morgan fingerprint density at radius 1 is 1.33 bits per heavy atom. The van der Waals surface area contributed by atoms with E-state index in [4.69, 9.17) is 5.73 Å². The van der Waals surface area contributed by atoms with Gasteiger partial charge in [0.05, 0.1) is 21.4 Å². The first-order valence-electron chi connectivity index (χ1n) is 5.71. The molecule has 0 aliphatic rings. The fraction of sp³-hybridized carbons (Fsp3) is 0.231. The van der Waals surface area contributed by atoms with E-state index in [-0.39, 0.29) is 0 Å². The van der Waals surface area contributed by atoms with Crippen molar-refractivity contribution in [3.05, 3.63) is 39.8 Å². The van der Waals surface area contributed by atoms with Crippen molar-refractivity contribution in [2.75, 3.05) is 5.73 Å². The number of hydrogen-bond donors (Lipinski definition) is 1. The van der Waals surface area contributed by atoms with Gasteiger partial charge in [-0.1, -0.05) is 13.0 Å². The zero-order valence-corrected chi connectivity index (χ0v) is 11.8. The lowest BCUT2D eigenvalue weighted by atomic mass is 9.98. The molecule has 0 fully saturated rings. The van der Waals surface area contributed by atoms with Crippen molar-refractivity contribution >= 4 is 38.0 Å². The Balaban J connectivity index is 2.05. The summed E-state index contributed by atoms with van der Waals surface area (Å²) in [4.78, 5) is 9.85. The van der Waals surface area contributed by atoms with E-state index in [0.29, 0.717) is 11.0 Å². The molecule has 0 radical (unpaired) electrons. The Bertz CT molecular complexity index is 699. The molecule has 5 heteroatoms. The van der Waals surface area contributed by atoms with Gasteiger partial charge in [-0.05, 0) is 24.6 Å². The Morgan fingerprint density at radius 3 is 2.89 bits per heavy atom. The van der Waals surface area contributed by atoms with Gasteiger partial charge in [-0.15, -0.1) is 22.7 Å². The molecule has 0 spiro atoms. The largest absolute Gasteiger partial charge is 0.375 e. The zero-order chi connectivity index (χ0) is 12.7. The Labute approximate surface area is 113 Å². The van der Waals surface area contributed by atoms with E-state index >= 15 is 0 Å². The van der Waals surface area contributed by atoms with Gasteiger partial charge in [0.15, 0.2) is 5.13 Å². The summed E-state index contributed by atoms with van der Waals surface area (Å²) >= 11 is 3.25. The van der Waals surface area contributed by atoms with E-state index in [1.165, 1.54) is 15.1 Å². The topological polar surface area (TPSA) is 51.8 Å². The summed E-state index contributed by atoms with van der Waals surface area (Å²) in [5, 5.41) is 0.646. The van der Waals surface area contributed by atoms with Gasteiger partial charge in [0, 0.05) is 10.8 Å². The zero-order valence-electron chi connectivity index (χ0n) is 10.2. The van der Waals surface area contributed by atoms with E-state index in [1.807, 2.05) is 12.4 Å². The number of aryl methyl sites for hydroxylation is 1. The monoisotopic (exact) mass is 275 g/mol. The van der Waals surface area contributed by atoms with E-state index in [9.17, 15) is 0 Å². The molecule has 92 valence electrons. The summed E-state index contributed by atoms with van der Waals surface area (Å²) in [6.45, 7) is 4.21. The SMILES string of the molecule is Cc1nc(N)sc1C(C)c1ccc2ncsc2c1. The molecule has 2 heterocycles. The van der Waals surface area contributed by atoms with Crippen molar-refractivity contribution in [1.82, 2.24) is 9.97 Å². The highest BCUT2D eigenvalue weighted by Gasteiger charge is 2.15. The van der Waals surface area contributed by atoms with Gasteiger partial charge in [-0.25, -0.2) is 9.97 Å². The second-order valence-corrected chi connectivity index (χ2v) is 6.25. The molecular formula is C13H13N3S2. The Kier molecular flexibility index (Phi) is 2.80. The average Bonchev–Trinajstić information content (AvgIpc) is 2.93. The van der Waals surface area contributed by atoms with Crippen LogP contribution in [0.3, 0.4) is 0 Å². The number of nitrogen functional groups attached to an aromatic ring is 1. The van der Waals surface area contributed by atoms with Crippen molar-refractivity contribution < 1.29 is 0 Å². The molecule has 1 aromatic carbocycles. The minimum Gasteiger partial charge on any atom is -0.375 e. The molecule has 18 heavy (non-hydrogen) atoms. The van der Waals surface area contributed by atoms with Crippen molar-refractivity contribution in [3.63, 3.8) is 0 Å². The van der Waals surface area contributed by atoms with Crippen molar-refractivity contribution in [2.45, 2.75) is 19.8 Å². The molecule has 1 unspecified atom stereocenters. The van der Waals surface area contributed by atoms with Crippen LogP contribution in [0.15, 0.2) is 23.7 Å². The third-order valence-electron chi connectivity index (χ3n) is 3.10. The third kappa shape index (κ3) is 1.89. The lowest BCUT2D eigenvalue weighted by Crippen LogP contribution is -1.95. The second kappa shape index (κ2) is 4.33. The molecule has 1 atom stereocenters. The molecule has 0 bridgehead atoms. The molecule has 3 nitrogen and oxygen atoms in total. The number of benzene rings is 1. The average molecular weight is 275 g/mol. The number of aromatic nitrogens is 2. The molecule has 0 saturated carbocycles. The fourth-order valence-electron chi connectivity index (χ4n) is 2.12. The number of fused-ring (bicyclic) bond motifs is 1. The number of anilines is 1. The molecule has 2 N–H and O–H groups in total. The Morgan fingerprint density at radius 2 is 2.17 bits per heavy atom. The maximum atomic E-state index is 5.77. The minimum absolute atomic E-state index is 0.325. The van der Waals surface area contributed by atoms with E-state index in [2.05, 4.69) is 35.1 Å². The van der Waals surface area contributed by atoms with Crippen molar-refractivity contribution in [2.24, 2.45) is 0 Å².